The Morgan fingerprint density at radius 2 is 2.11 bits per heavy atom. The molecule has 1 N–H and O–H groups in total. The molecule has 3 rings (SSSR count). The van der Waals surface area contributed by atoms with E-state index in [9.17, 15) is 28.5 Å². The van der Waals surface area contributed by atoms with Crippen molar-refractivity contribution in [1.29, 1.82) is 0 Å². The van der Waals surface area contributed by atoms with Crippen LogP contribution in [0.3, 0.4) is 0 Å². The van der Waals surface area contributed by atoms with Crippen LogP contribution in [0.2, 0.25) is 0 Å². The molecule has 0 unspecified atom stereocenters. The number of nitro groups is 1. The largest absolute Gasteiger partial charge is 0.433 e. The van der Waals surface area contributed by atoms with Gasteiger partial charge in [-0.25, -0.2) is 9.48 Å². The van der Waals surface area contributed by atoms with Gasteiger partial charge < -0.3 is 10.1 Å². The predicted octanol–water partition coefficient (Wildman–Crippen LogP) is 2.03. The number of nitrogens with one attached hydrogen (secondary N) is 1. The fourth-order valence-corrected chi connectivity index (χ4v) is 2.46. The number of nitro benzene ring substituents is 1. The molecule has 0 saturated heterocycles. The molecule has 2 aromatic heterocycles. The number of non-ortho nitro benzene ring substituents is 1. The minimum Gasteiger partial charge on any atom is -0.433 e. The highest BCUT2D eigenvalue weighted by molar-refractivity contribution is 5.92. The molecular formula is C16H13F2N5O5. The Morgan fingerprint density at radius 1 is 1.32 bits per heavy atom. The van der Waals surface area contributed by atoms with Crippen LogP contribution in [0.5, 0.6) is 5.75 Å². The number of carbonyl (C=O) groups is 1. The average Bonchev–Trinajstić information content (AvgIpc) is 2.97. The second kappa shape index (κ2) is 7.82. The van der Waals surface area contributed by atoms with Crippen LogP contribution in [0.25, 0.3) is 5.65 Å². The van der Waals surface area contributed by atoms with E-state index in [0.29, 0.717) is 5.65 Å². The Balaban J connectivity index is 1.74. The number of hydrogen-bond donors (Lipinski definition) is 1. The number of fused-ring (bicyclic) bond motifs is 1. The second-order valence-electron chi connectivity index (χ2n) is 5.55. The van der Waals surface area contributed by atoms with Crippen LogP contribution in [0, 0.1) is 10.1 Å². The molecule has 0 saturated carbocycles. The summed E-state index contributed by atoms with van der Waals surface area (Å²) in [5.41, 5.74) is -0.727. The number of alkyl halides is 2. The molecule has 10 nitrogen and oxygen atoms in total. The summed E-state index contributed by atoms with van der Waals surface area (Å²) in [5, 5.41) is 17.2. The smallest absolute Gasteiger partial charge is 0.387 e. The van der Waals surface area contributed by atoms with E-state index in [1.807, 2.05) is 0 Å². The lowest BCUT2D eigenvalue weighted by Crippen LogP contribution is -2.24. The zero-order valence-electron chi connectivity index (χ0n) is 14.1. The van der Waals surface area contributed by atoms with Gasteiger partial charge in [-0.15, -0.1) is 5.10 Å². The lowest BCUT2D eigenvalue weighted by Gasteiger charge is -2.11. The Bertz CT molecular complexity index is 1090. The Morgan fingerprint density at radius 3 is 2.79 bits per heavy atom. The Kier molecular flexibility index (Phi) is 5.29. The second-order valence-corrected chi connectivity index (χ2v) is 5.55. The molecule has 0 spiro atoms. The molecule has 1 aromatic carbocycles. The average molecular weight is 393 g/mol. The number of ether oxygens (including phenoxy) is 1. The quantitative estimate of drug-likeness (QED) is 0.484. The third-order valence-corrected chi connectivity index (χ3v) is 3.70. The summed E-state index contributed by atoms with van der Waals surface area (Å²) >= 11 is 0. The maximum Gasteiger partial charge on any atom is 0.387 e. The van der Waals surface area contributed by atoms with E-state index in [-0.39, 0.29) is 18.7 Å². The Hall–Kier alpha value is -3.83. The number of carbonyl (C=O) groups excluding carboxylic acids is 1. The third-order valence-electron chi connectivity index (χ3n) is 3.70. The van der Waals surface area contributed by atoms with Crippen LogP contribution in [0.1, 0.15) is 6.42 Å². The SMILES string of the molecule is O=C(CCn1nc2ccccn2c1=O)Nc1cc([N+](=O)[O-])ccc1OC(F)F. The van der Waals surface area contributed by atoms with Gasteiger partial charge in [0.2, 0.25) is 5.91 Å². The summed E-state index contributed by atoms with van der Waals surface area (Å²) in [7, 11) is 0. The highest BCUT2D eigenvalue weighted by Gasteiger charge is 2.17. The van der Waals surface area contributed by atoms with Crippen LogP contribution in [0.4, 0.5) is 20.2 Å². The van der Waals surface area contributed by atoms with Crippen molar-refractivity contribution in [2.45, 2.75) is 19.6 Å². The minimum atomic E-state index is -3.17. The first kappa shape index (κ1) is 18.9. The van der Waals surface area contributed by atoms with Gasteiger partial charge in [-0.1, -0.05) is 6.07 Å². The summed E-state index contributed by atoms with van der Waals surface area (Å²) in [6.07, 6.45) is 1.30. The number of amides is 1. The lowest BCUT2D eigenvalue weighted by atomic mass is 10.2. The van der Waals surface area contributed by atoms with E-state index in [1.54, 1.807) is 18.2 Å². The van der Waals surface area contributed by atoms with Crippen LogP contribution >= 0.6 is 0 Å². The van der Waals surface area contributed by atoms with Crippen molar-refractivity contribution < 1.29 is 23.2 Å². The number of pyridine rings is 1. The number of nitrogens with zero attached hydrogens (tertiary/aromatic N) is 4. The van der Waals surface area contributed by atoms with Gasteiger partial charge in [0, 0.05) is 24.8 Å². The zero-order chi connectivity index (χ0) is 20.3. The highest BCUT2D eigenvalue weighted by Crippen LogP contribution is 2.30. The fourth-order valence-electron chi connectivity index (χ4n) is 2.46. The predicted molar refractivity (Wildman–Crippen MR) is 92.4 cm³/mol. The monoisotopic (exact) mass is 393 g/mol. The molecule has 3 aromatic rings. The van der Waals surface area contributed by atoms with E-state index in [2.05, 4.69) is 15.2 Å². The third kappa shape index (κ3) is 4.11. The Labute approximate surface area is 155 Å². The van der Waals surface area contributed by atoms with Crippen molar-refractivity contribution in [3.8, 4) is 5.75 Å². The van der Waals surface area contributed by atoms with E-state index in [0.717, 1.165) is 22.9 Å². The molecule has 0 radical (unpaired) electrons. The van der Waals surface area contributed by atoms with Gasteiger partial charge in [0.1, 0.15) is 5.75 Å². The van der Waals surface area contributed by atoms with Crippen LogP contribution < -0.4 is 15.7 Å². The van der Waals surface area contributed by atoms with Crippen molar-refractivity contribution >= 4 is 22.9 Å². The van der Waals surface area contributed by atoms with Crippen molar-refractivity contribution in [1.82, 2.24) is 14.2 Å². The first-order chi connectivity index (χ1) is 13.3. The van der Waals surface area contributed by atoms with E-state index >= 15 is 0 Å². The summed E-state index contributed by atoms with van der Waals surface area (Å²) < 4.78 is 31.6. The van der Waals surface area contributed by atoms with Crippen LogP contribution in [-0.2, 0) is 11.3 Å². The molecule has 2 heterocycles. The fraction of sp³-hybridized carbons (Fsp3) is 0.188. The highest BCUT2D eigenvalue weighted by atomic mass is 19.3. The molecule has 0 bridgehead atoms. The molecule has 0 atom stereocenters. The topological polar surface area (TPSA) is 121 Å². The standard InChI is InChI=1S/C16H13F2N5O5/c17-15(18)28-12-5-4-10(23(26)27)9-11(12)19-14(24)6-8-22-16(25)21-7-2-1-3-13(21)20-22/h1-5,7,9,15H,6,8H2,(H,19,24). The van der Waals surface area contributed by atoms with Gasteiger partial charge in [0.05, 0.1) is 17.2 Å². The number of benzene rings is 1. The molecule has 12 heteroatoms. The number of rotatable bonds is 7. The van der Waals surface area contributed by atoms with Crippen molar-refractivity contribution in [2.24, 2.45) is 0 Å². The summed E-state index contributed by atoms with van der Waals surface area (Å²) in [6, 6.07) is 7.82. The molecule has 146 valence electrons. The van der Waals surface area contributed by atoms with Crippen LogP contribution in [0.15, 0.2) is 47.4 Å². The van der Waals surface area contributed by atoms with Gasteiger partial charge >= 0.3 is 12.3 Å². The minimum absolute atomic E-state index is 0.0771. The molecule has 28 heavy (non-hydrogen) atoms. The van der Waals surface area contributed by atoms with E-state index in [4.69, 9.17) is 0 Å². The molecule has 0 aliphatic rings. The first-order valence-corrected chi connectivity index (χ1v) is 7.92. The molecule has 0 fully saturated rings. The van der Waals surface area contributed by atoms with Gasteiger partial charge in [-0.3, -0.25) is 19.3 Å². The maximum atomic E-state index is 12.5. The van der Waals surface area contributed by atoms with Crippen molar-refractivity contribution in [3.05, 3.63) is 63.2 Å². The number of aryl methyl sites for hydroxylation is 1. The summed E-state index contributed by atoms with van der Waals surface area (Å²) in [4.78, 5) is 34.4. The van der Waals surface area contributed by atoms with E-state index in [1.165, 1.54) is 10.6 Å². The van der Waals surface area contributed by atoms with Gasteiger partial charge in [0.25, 0.3) is 5.69 Å². The van der Waals surface area contributed by atoms with Crippen LogP contribution in [-0.4, -0.2) is 31.6 Å². The summed E-state index contributed by atoms with van der Waals surface area (Å²) in [6.45, 7) is -3.25. The number of anilines is 1. The maximum absolute atomic E-state index is 12.5. The van der Waals surface area contributed by atoms with Gasteiger partial charge in [0.15, 0.2) is 5.65 Å². The number of aromatic nitrogens is 3. The number of hydrogen-bond acceptors (Lipinski definition) is 6. The van der Waals surface area contributed by atoms with E-state index < -0.39 is 34.6 Å². The first-order valence-electron chi connectivity index (χ1n) is 7.92. The molecule has 0 aliphatic heterocycles. The van der Waals surface area contributed by atoms with Gasteiger partial charge in [-0.05, 0) is 18.2 Å². The van der Waals surface area contributed by atoms with Crippen molar-refractivity contribution in [2.75, 3.05) is 5.32 Å². The van der Waals surface area contributed by atoms with Gasteiger partial charge in [-0.2, -0.15) is 8.78 Å². The number of halogens is 2. The summed E-state index contributed by atoms with van der Waals surface area (Å²) in [5.74, 6) is -1.08. The van der Waals surface area contributed by atoms with Crippen molar-refractivity contribution in [3.63, 3.8) is 0 Å². The lowest BCUT2D eigenvalue weighted by molar-refractivity contribution is -0.384. The zero-order valence-corrected chi connectivity index (χ0v) is 14.1. The molecule has 0 aliphatic carbocycles. The molecule has 1 amide bonds. The normalized spacial score (nSPS) is 11.0. The molecular weight excluding hydrogens is 380 g/mol.